The fraction of sp³-hybridized carbons (Fsp3) is 0.182. The molecule has 3 N–H and O–H groups in total. The van der Waals surface area contributed by atoms with Crippen LogP contribution in [0.4, 0.5) is 5.82 Å². The summed E-state index contributed by atoms with van der Waals surface area (Å²) in [7, 11) is 0. The van der Waals surface area contributed by atoms with Gasteiger partial charge >= 0.3 is 5.97 Å². The Bertz CT molecular complexity index is 566. The second kappa shape index (κ2) is 6.39. The molecule has 0 aromatic carbocycles. The van der Waals surface area contributed by atoms with Gasteiger partial charge in [0.2, 0.25) is 5.91 Å². The molecule has 2 heterocycles. The van der Waals surface area contributed by atoms with E-state index in [4.69, 9.17) is 5.11 Å². The molecule has 0 atom stereocenters. The lowest BCUT2D eigenvalue weighted by Crippen LogP contribution is -2.14. The van der Waals surface area contributed by atoms with Crippen LogP contribution in [0.5, 0.6) is 0 Å². The predicted octanol–water partition coefficient (Wildman–Crippen LogP) is 2.04. The summed E-state index contributed by atoms with van der Waals surface area (Å²) >= 11 is 3.15. The van der Waals surface area contributed by atoms with Gasteiger partial charge in [0.1, 0.15) is 5.69 Å². The number of anilines is 1. The number of hydrogen-bond acceptors (Lipinski definition) is 5. The van der Waals surface area contributed by atoms with E-state index in [0.717, 1.165) is 5.75 Å². The maximum absolute atomic E-state index is 11.6. The number of hydrogen-bond donors (Lipinski definition) is 3. The number of amides is 1. The number of nitrogens with zero attached hydrogens (tertiary/aromatic N) is 1. The summed E-state index contributed by atoms with van der Waals surface area (Å²) in [6, 6.07) is 5.27. The molecule has 0 aliphatic rings. The van der Waals surface area contributed by atoms with Gasteiger partial charge in [-0.25, -0.2) is 4.79 Å². The van der Waals surface area contributed by atoms with Gasteiger partial charge in [0.15, 0.2) is 5.82 Å². The average Bonchev–Trinajstić information content (AvgIpc) is 3.00. The second-order valence-electron chi connectivity index (χ2n) is 3.59. The number of aromatic amines is 1. The van der Waals surface area contributed by atoms with Gasteiger partial charge in [-0.05, 0) is 11.4 Å². The molecule has 1 amide bonds. The number of carbonyl (C=O) groups is 2. The first kappa shape index (κ1) is 13.6. The van der Waals surface area contributed by atoms with Gasteiger partial charge in [-0.1, -0.05) is 6.07 Å². The fourth-order valence-electron chi connectivity index (χ4n) is 1.31. The van der Waals surface area contributed by atoms with E-state index in [1.165, 1.54) is 22.7 Å². The van der Waals surface area contributed by atoms with Crippen LogP contribution in [-0.4, -0.2) is 32.9 Å². The van der Waals surface area contributed by atoms with Crippen molar-refractivity contribution in [2.45, 2.75) is 5.75 Å². The highest BCUT2D eigenvalue weighted by Crippen LogP contribution is 2.17. The van der Waals surface area contributed by atoms with E-state index in [-0.39, 0.29) is 17.4 Å². The minimum absolute atomic E-state index is 0.0541. The highest BCUT2D eigenvalue weighted by molar-refractivity contribution is 7.99. The van der Waals surface area contributed by atoms with Crippen molar-refractivity contribution in [3.05, 3.63) is 34.2 Å². The van der Waals surface area contributed by atoms with Gasteiger partial charge in [0.05, 0.1) is 5.75 Å². The third-order valence-corrected chi connectivity index (χ3v) is 4.17. The molecule has 0 saturated carbocycles. The van der Waals surface area contributed by atoms with Crippen LogP contribution in [0.3, 0.4) is 0 Å². The van der Waals surface area contributed by atoms with Gasteiger partial charge in [-0.2, -0.15) is 5.10 Å². The molecule has 0 aliphatic carbocycles. The smallest absolute Gasteiger partial charge is 0.353 e. The minimum atomic E-state index is -1.11. The number of carbonyl (C=O) groups excluding carboxylic acids is 1. The Morgan fingerprint density at radius 2 is 2.37 bits per heavy atom. The van der Waals surface area contributed by atoms with Crippen molar-refractivity contribution < 1.29 is 14.7 Å². The van der Waals surface area contributed by atoms with Crippen LogP contribution >= 0.6 is 23.1 Å². The number of aromatic carboxylic acids is 1. The molecule has 0 spiro atoms. The Morgan fingerprint density at radius 3 is 3.00 bits per heavy atom. The summed E-state index contributed by atoms with van der Waals surface area (Å²) in [5, 5.41) is 19.2. The Kier molecular flexibility index (Phi) is 4.58. The number of H-pyrrole nitrogens is 1. The quantitative estimate of drug-likeness (QED) is 0.758. The first-order valence-electron chi connectivity index (χ1n) is 5.34. The van der Waals surface area contributed by atoms with Gasteiger partial charge < -0.3 is 10.4 Å². The molecular weight excluding hydrogens is 286 g/mol. The summed E-state index contributed by atoms with van der Waals surface area (Å²) in [6.07, 6.45) is 0. The molecular formula is C11H11N3O3S2. The van der Waals surface area contributed by atoms with Crippen molar-refractivity contribution in [1.29, 1.82) is 0 Å². The summed E-state index contributed by atoms with van der Waals surface area (Å²) in [6.45, 7) is 0. The Hall–Kier alpha value is -1.80. The van der Waals surface area contributed by atoms with Crippen LogP contribution < -0.4 is 5.32 Å². The molecule has 0 aliphatic heterocycles. The van der Waals surface area contributed by atoms with Crippen molar-refractivity contribution in [3.8, 4) is 0 Å². The van der Waals surface area contributed by atoms with Crippen LogP contribution in [0.1, 0.15) is 15.4 Å². The molecule has 2 aromatic heterocycles. The van der Waals surface area contributed by atoms with Gasteiger partial charge in [0, 0.05) is 16.7 Å². The molecule has 0 unspecified atom stereocenters. The van der Waals surface area contributed by atoms with E-state index >= 15 is 0 Å². The van der Waals surface area contributed by atoms with Crippen LogP contribution in [0.25, 0.3) is 0 Å². The SMILES string of the molecule is O=C(CSCc1cccs1)Nc1cc(C(=O)O)[nH]n1. The van der Waals surface area contributed by atoms with Crippen molar-refractivity contribution in [2.75, 3.05) is 11.1 Å². The largest absolute Gasteiger partial charge is 0.477 e. The van der Waals surface area contributed by atoms with Gasteiger partial charge in [0.25, 0.3) is 0 Å². The molecule has 0 saturated heterocycles. The number of carboxylic acid groups (broad SMARTS) is 1. The minimum Gasteiger partial charge on any atom is -0.477 e. The second-order valence-corrected chi connectivity index (χ2v) is 5.61. The summed E-state index contributed by atoms with van der Waals surface area (Å²) in [4.78, 5) is 23.4. The Morgan fingerprint density at radius 1 is 1.53 bits per heavy atom. The van der Waals surface area contributed by atoms with Crippen LogP contribution in [0.2, 0.25) is 0 Å². The zero-order chi connectivity index (χ0) is 13.7. The third kappa shape index (κ3) is 4.11. The van der Waals surface area contributed by atoms with Crippen molar-refractivity contribution in [3.63, 3.8) is 0 Å². The predicted molar refractivity (Wildman–Crippen MR) is 74.7 cm³/mol. The van der Waals surface area contributed by atoms with E-state index < -0.39 is 5.97 Å². The zero-order valence-electron chi connectivity index (χ0n) is 9.75. The van der Waals surface area contributed by atoms with E-state index in [1.54, 1.807) is 11.3 Å². The molecule has 100 valence electrons. The normalized spacial score (nSPS) is 10.3. The summed E-state index contributed by atoms with van der Waals surface area (Å²) in [5.41, 5.74) is -0.0541. The Labute approximate surface area is 117 Å². The maximum Gasteiger partial charge on any atom is 0.353 e. The monoisotopic (exact) mass is 297 g/mol. The summed E-state index contributed by atoms with van der Waals surface area (Å²) < 4.78 is 0. The highest BCUT2D eigenvalue weighted by Gasteiger charge is 2.10. The van der Waals surface area contributed by atoms with E-state index in [9.17, 15) is 9.59 Å². The molecule has 0 radical (unpaired) electrons. The average molecular weight is 297 g/mol. The highest BCUT2D eigenvalue weighted by atomic mass is 32.2. The number of rotatable bonds is 6. The topological polar surface area (TPSA) is 95.1 Å². The molecule has 8 heteroatoms. The van der Waals surface area contributed by atoms with Crippen molar-refractivity contribution in [1.82, 2.24) is 10.2 Å². The van der Waals surface area contributed by atoms with E-state index in [1.807, 2.05) is 17.5 Å². The third-order valence-electron chi connectivity index (χ3n) is 2.13. The van der Waals surface area contributed by atoms with Crippen LogP contribution in [0, 0.1) is 0 Å². The fourth-order valence-corrected chi connectivity index (χ4v) is 2.98. The lowest BCUT2D eigenvalue weighted by atomic mass is 10.4. The van der Waals surface area contributed by atoms with E-state index in [2.05, 4.69) is 15.5 Å². The Balaban J connectivity index is 1.75. The lowest BCUT2D eigenvalue weighted by Gasteiger charge is -2.00. The number of carboxylic acids is 1. The molecule has 6 nitrogen and oxygen atoms in total. The maximum atomic E-state index is 11.6. The zero-order valence-corrected chi connectivity index (χ0v) is 11.4. The number of nitrogens with one attached hydrogen (secondary N) is 2. The van der Waals surface area contributed by atoms with E-state index in [0.29, 0.717) is 5.75 Å². The lowest BCUT2D eigenvalue weighted by molar-refractivity contribution is -0.113. The van der Waals surface area contributed by atoms with Gasteiger partial charge in [-0.3, -0.25) is 9.89 Å². The summed E-state index contributed by atoms with van der Waals surface area (Å²) in [5.74, 6) is -0.0108. The standard InChI is InChI=1S/C11H11N3O3S2/c15-10(6-18-5-7-2-1-3-19-7)12-9-4-8(11(16)17)13-14-9/h1-4H,5-6H2,(H,16,17)(H2,12,13,14,15). The van der Waals surface area contributed by atoms with Crippen molar-refractivity contribution >= 4 is 40.8 Å². The first-order valence-corrected chi connectivity index (χ1v) is 7.37. The van der Waals surface area contributed by atoms with Gasteiger partial charge in [-0.15, -0.1) is 23.1 Å². The number of thioether (sulfide) groups is 1. The molecule has 0 fully saturated rings. The van der Waals surface area contributed by atoms with Crippen molar-refractivity contribution in [2.24, 2.45) is 0 Å². The van der Waals surface area contributed by atoms with Crippen LogP contribution in [0.15, 0.2) is 23.6 Å². The molecule has 2 rings (SSSR count). The number of aromatic nitrogens is 2. The number of thiophene rings is 1. The molecule has 0 bridgehead atoms. The van der Waals surface area contributed by atoms with Crippen LogP contribution in [-0.2, 0) is 10.5 Å². The molecule has 2 aromatic rings. The first-order chi connectivity index (χ1) is 9.15. The molecule has 19 heavy (non-hydrogen) atoms.